The smallest absolute Gasteiger partial charge is 0.160 e. The van der Waals surface area contributed by atoms with Gasteiger partial charge in [0.15, 0.2) is 5.82 Å². The molecule has 0 N–H and O–H groups in total. The Kier molecular flexibility index (Phi) is 9.53. The van der Waals surface area contributed by atoms with Crippen LogP contribution < -0.4 is 0 Å². The summed E-state index contributed by atoms with van der Waals surface area (Å²) in [5.74, 6) is 0.674. The van der Waals surface area contributed by atoms with Crippen molar-refractivity contribution in [3.63, 3.8) is 0 Å². The van der Waals surface area contributed by atoms with Crippen molar-refractivity contribution in [1.29, 1.82) is 0 Å². The van der Waals surface area contributed by atoms with E-state index in [1.807, 2.05) is 18.2 Å². The van der Waals surface area contributed by atoms with E-state index in [4.69, 9.17) is 15.0 Å². The van der Waals surface area contributed by atoms with E-state index in [-0.39, 0.29) is 0 Å². The molecule has 0 fully saturated rings. The average molecular weight is 790 g/mol. The summed E-state index contributed by atoms with van der Waals surface area (Å²) in [6, 6.07) is 83.5. The van der Waals surface area contributed by atoms with Crippen molar-refractivity contribution >= 4 is 21.7 Å². The molecule has 0 atom stereocenters. The maximum atomic E-state index is 5.51. The zero-order valence-electron chi connectivity index (χ0n) is 33.9. The summed E-state index contributed by atoms with van der Waals surface area (Å²) < 4.78 is 0. The number of rotatable bonds is 8. The third-order valence-corrected chi connectivity index (χ3v) is 11.6. The molecule has 0 saturated carbocycles. The van der Waals surface area contributed by atoms with Crippen molar-refractivity contribution in [2.45, 2.75) is 0 Å². The van der Waals surface area contributed by atoms with Gasteiger partial charge in [0, 0.05) is 33.2 Å². The first kappa shape index (κ1) is 36.8. The monoisotopic (exact) mass is 789 g/mol. The molecule has 3 heteroatoms. The van der Waals surface area contributed by atoms with E-state index in [0.29, 0.717) is 5.82 Å². The summed E-state index contributed by atoms with van der Waals surface area (Å²) in [5, 5.41) is 3.47. The van der Waals surface area contributed by atoms with Gasteiger partial charge in [-0.3, -0.25) is 0 Å². The largest absolute Gasteiger partial charge is 0.247 e. The molecule has 0 aliphatic carbocycles. The fourth-order valence-corrected chi connectivity index (χ4v) is 8.58. The third-order valence-electron chi connectivity index (χ3n) is 11.6. The standard InChI is InChI=1S/C59H39N3/c1-6-19-40(20-7-1)48-34-49(41-21-8-2-9-22-41)36-50(35-48)56-39-55(61-59(62-56)44-27-14-5-15-28-44)47-31-18-30-45(33-47)53-37-46-29-16-17-32-51(46)57-52(42-23-10-3-11-24-42)38-54(60-58(53)57)43-25-12-4-13-26-43/h1-39H. The Morgan fingerprint density at radius 1 is 0.242 bits per heavy atom. The fourth-order valence-electron chi connectivity index (χ4n) is 8.58. The Morgan fingerprint density at radius 2 is 0.694 bits per heavy atom. The first-order chi connectivity index (χ1) is 30.7. The van der Waals surface area contributed by atoms with Crippen LogP contribution in [0.1, 0.15) is 0 Å². The second-order valence-corrected chi connectivity index (χ2v) is 15.6. The third kappa shape index (κ3) is 7.12. The molecule has 0 saturated heterocycles. The predicted molar refractivity (Wildman–Crippen MR) is 258 cm³/mol. The molecule has 0 spiro atoms. The molecule has 11 rings (SSSR count). The van der Waals surface area contributed by atoms with Gasteiger partial charge < -0.3 is 0 Å². The Hall–Kier alpha value is -8.27. The van der Waals surface area contributed by atoms with Crippen molar-refractivity contribution in [1.82, 2.24) is 15.0 Å². The van der Waals surface area contributed by atoms with Crippen LogP contribution in [0.25, 0.3) is 111 Å². The van der Waals surface area contributed by atoms with Gasteiger partial charge >= 0.3 is 0 Å². The highest BCUT2D eigenvalue weighted by Gasteiger charge is 2.19. The Morgan fingerprint density at radius 3 is 1.32 bits per heavy atom. The number of nitrogens with zero attached hydrogens (tertiary/aromatic N) is 3. The van der Waals surface area contributed by atoms with Gasteiger partial charge in [-0.25, -0.2) is 15.0 Å². The highest BCUT2D eigenvalue weighted by Crippen LogP contribution is 2.42. The molecule has 0 aliphatic rings. The molecule has 2 heterocycles. The molecular formula is C59H39N3. The van der Waals surface area contributed by atoms with E-state index >= 15 is 0 Å². The number of benzene rings is 9. The summed E-state index contributed by atoms with van der Waals surface area (Å²) in [4.78, 5) is 16.1. The molecule has 0 amide bonds. The van der Waals surface area contributed by atoms with Crippen molar-refractivity contribution in [2.75, 3.05) is 0 Å². The molecule has 11 aromatic rings. The summed E-state index contributed by atoms with van der Waals surface area (Å²) in [7, 11) is 0. The van der Waals surface area contributed by atoms with Gasteiger partial charge in [0.25, 0.3) is 0 Å². The number of hydrogen-bond acceptors (Lipinski definition) is 3. The Bertz CT molecular complexity index is 3310. The highest BCUT2D eigenvalue weighted by atomic mass is 14.9. The fraction of sp³-hybridized carbons (Fsp3) is 0. The molecular weight excluding hydrogens is 751 g/mol. The molecule has 290 valence electrons. The lowest BCUT2D eigenvalue weighted by Crippen LogP contribution is -1.97. The van der Waals surface area contributed by atoms with Crippen molar-refractivity contribution in [3.8, 4) is 89.7 Å². The normalized spacial score (nSPS) is 11.2. The molecule has 3 nitrogen and oxygen atoms in total. The number of hydrogen-bond donors (Lipinski definition) is 0. The highest BCUT2D eigenvalue weighted by molar-refractivity contribution is 6.18. The van der Waals surface area contributed by atoms with E-state index < -0.39 is 0 Å². The van der Waals surface area contributed by atoms with Gasteiger partial charge in [0.2, 0.25) is 0 Å². The minimum Gasteiger partial charge on any atom is -0.247 e. The van der Waals surface area contributed by atoms with E-state index in [2.05, 4.69) is 218 Å². The zero-order chi connectivity index (χ0) is 41.2. The summed E-state index contributed by atoms with van der Waals surface area (Å²) in [5.41, 5.74) is 16.6. The van der Waals surface area contributed by atoms with Crippen molar-refractivity contribution in [3.05, 3.63) is 237 Å². The van der Waals surface area contributed by atoms with Crippen molar-refractivity contribution in [2.24, 2.45) is 0 Å². The molecule has 0 bridgehead atoms. The van der Waals surface area contributed by atoms with Crippen LogP contribution in [0, 0.1) is 0 Å². The Balaban J connectivity index is 1.13. The van der Waals surface area contributed by atoms with Crippen molar-refractivity contribution < 1.29 is 0 Å². The molecule has 0 unspecified atom stereocenters. The van der Waals surface area contributed by atoms with Crippen LogP contribution in [0.4, 0.5) is 0 Å². The number of pyridine rings is 1. The predicted octanol–water partition coefficient (Wildman–Crippen LogP) is 15.5. The molecule has 0 aliphatic heterocycles. The van der Waals surface area contributed by atoms with Crippen LogP contribution in [0.2, 0.25) is 0 Å². The van der Waals surface area contributed by atoms with Gasteiger partial charge in [-0.2, -0.15) is 0 Å². The maximum absolute atomic E-state index is 5.51. The lowest BCUT2D eigenvalue weighted by atomic mass is 9.90. The van der Waals surface area contributed by atoms with Gasteiger partial charge in [-0.15, -0.1) is 0 Å². The molecule has 0 radical (unpaired) electrons. The second kappa shape index (κ2) is 16.1. The van der Waals surface area contributed by atoms with Gasteiger partial charge in [-0.05, 0) is 92.2 Å². The van der Waals surface area contributed by atoms with Crippen LogP contribution in [0.15, 0.2) is 237 Å². The quantitative estimate of drug-likeness (QED) is 0.144. The number of aromatic nitrogens is 3. The molecule has 2 aromatic heterocycles. The first-order valence-electron chi connectivity index (χ1n) is 21.0. The van der Waals surface area contributed by atoms with Crippen LogP contribution >= 0.6 is 0 Å². The summed E-state index contributed by atoms with van der Waals surface area (Å²) in [6.07, 6.45) is 0. The second-order valence-electron chi connectivity index (χ2n) is 15.6. The van der Waals surface area contributed by atoms with Crippen LogP contribution in [-0.4, -0.2) is 15.0 Å². The van der Waals surface area contributed by atoms with Crippen LogP contribution in [0.3, 0.4) is 0 Å². The van der Waals surface area contributed by atoms with Gasteiger partial charge in [-0.1, -0.05) is 194 Å². The maximum Gasteiger partial charge on any atom is 0.160 e. The van der Waals surface area contributed by atoms with E-state index in [9.17, 15) is 0 Å². The summed E-state index contributed by atoms with van der Waals surface area (Å²) >= 11 is 0. The number of fused-ring (bicyclic) bond motifs is 3. The van der Waals surface area contributed by atoms with E-state index in [1.54, 1.807) is 0 Å². The minimum absolute atomic E-state index is 0.674. The SMILES string of the molecule is c1ccc(-c2cc(-c3ccccc3)cc(-c3cc(-c4cccc(-c5cc6ccccc6c6c(-c7ccccc7)cc(-c7ccccc7)nc56)c4)nc(-c4ccccc4)n3)c2)cc1. The van der Waals surface area contributed by atoms with Gasteiger partial charge in [0.1, 0.15) is 0 Å². The molecule has 9 aromatic carbocycles. The first-order valence-corrected chi connectivity index (χ1v) is 21.0. The minimum atomic E-state index is 0.674. The lowest BCUT2D eigenvalue weighted by Gasteiger charge is -2.17. The topological polar surface area (TPSA) is 38.7 Å². The molecule has 62 heavy (non-hydrogen) atoms. The van der Waals surface area contributed by atoms with Crippen LogP contribution in [0.5, 0.6) is 0 Å². The van der Waals surface area contributed by atoms with Gasteiger partial charge in [0.05, 0.1) is 22.6 Å². The zero-order valence-corrected chi connectivity index (χ0v) is 33.9. The van der Waals surface area contributed by atoms with E-state index in [0.717, 1.165) is 100 Å². The van der Waals surface area contributed by atoms with E-state index in [1.165, 1.54) is 5.39 Å². The average Bonchev–Trinajstić information content (AvgIpc) is 3.37. The Labute approximate surface area is 361 Å². The lowest BCUT2D eigenvalue weighted by molar-refractivity contribution is 1.18. The summed E-state index contributed by atoms with van der Waals surface area (Å²) in [6.45, 7) is 0. The van der Waals surface area contributed by atoms with Crippen LogP contribution in [-0.2, 0) is 0 Å².